The molecule has 0 fully saturated rings. The molecule has 1 heterocycles. The van der Waals surface area contributed by atoms with Crippen LogP contribution in [-0.2, 0) is 11.2 Å². The summed E-state index contributed by atoms with van der Waals surface area (Å²) in [5.74, 6) is 1.41. The highest BCUT2D eigenvalue weighted by atomic mass is 16.5. The number of nitrogens with one attached hydrogen (secondary N) is 1. The third-order valence-corrected chi connectivity index (χ3v) is 5.44. The van der Waals surface area contributed by atoms with E-state index in [1.54, 1.807) is 0 Å². The molecule has 0 saturated carbocycles. The minimum absolute atomic E-state index is 0.0660. The van der Waals surface area contributed by atoms with Crippen LogP contribution in [0.5, 0.6) is 0 Å². The molecule has 162 valence electrons. The lowest BCUT2D eigenvalue weighted by atomic mass is 9.98. The zero-order valence-corrected chi connectivity index (χ0v) is 18.4. The van der Waals surface area contributed by atoms with Gasteiger partial charge in [-0.3, -0.25) is 4.79 Å². The average molecular weight is 426 g/mol. The lowest BCUT2D eigenvalue weighted by molar-refractivity contribution is -0.121. The topological polar surface area (TPSA) is 68.0 Å². The maximum atomic E-state index is 12.8. The molecule has 0 aliphatic rings. The predicted octanol–water partition coefficient (Wildman–Crippen LogP) is 5.70. The maximum Gasteiger partial charge on any atom is 0.227 e. The Bertz CT molecular complexity index is 1100. The van der Waals surface area contributed by atoms with Crippen LogP contribution < -0.4 is 5.32 Å². The van der Waals surface area contributed by atoms with Crippen LogP contribution in [0.4, 0.5) is 0 Å². The van der Waals surface area contributed by atoms with Crippen LogP contribution in [0.2, 0.25) is 0 Å². The van der Waals surface area contributed by atoms with E-state index in [0.29, 0.717) is 24.1 Å². The SMILES string of the molecule is CC(C)c1ccc(-c2noc(CCC(=O)NC(c3ccccc3)c3ccccc3)n2)cc1. The van der Waals surface area contributed by atoms with Crippen molar-refractivity contribution in [2.45, 2.75) is 38.6 Å². The maximum absolute atomic E-state index is 12.8. The van der Waals surface area contributed by atoms with Gasteiger partial charge < -0.3 is 9.84 Å². The van der Waals surface area contributed by atoms with E-state index in [1.807, 2.05) is 72.8 Å². The van der Waals surface area contributed by atoms with E-state index in [0.717, 1.165) is 16.7 Å². The summed E-state index contributed by atoms with van der Waals surface area (Å²) < 4.78 is 5.38. The Morgan fingerprint density at radius 1 is 0.844 bits per heavy atom. The van der Waals surface area contributed by atoms with Crippen LogP contribution >= 0.6 is 0 Å². The highest BCUT2D eigenvalue weighted by Crippen LogP contribution is 2.23. The molecule has 0 aliphatic heterocycles. The van der Waals surface area contributed by atoms with Crippen molar-refractivity contribution in [3.8, 4) is 11.4 Å². The molecule has 3 aromatic carbocycles. The monoisotopic (exact) mass is 425 g/mol. The standard InChI is InChI=1S/C27H27N3O2/c1-19(2)20-13-15-23(16-14-20)27-29-25(32-30-27)18-17-24(31)28-26(21-9-5-3-6-10-21)22-11-7-4-8-12-22/h3-16,19,26H,17-18H2,1-2H3,(H,28,31). The molecular formula is C27H27N3O2. The van der Waals surface area contributed by atoms with Crippen molar-refractivity contribution in [2.24, 2.45) is 0 Å². The van der Waals surface area contributed by atoms with Gasteiger partial charge in [-0.2, -0.15) is 4.98 Å². The van der Waals surface area contributed by atoms with Gasteiger partial charge in [-0.1, -0.05) is 104 Å². The second kappa shape index (κ2) is 10.1. The summed E-state index contributed by atoms with van der Waals surface area (Å²) in [5.41, 5.74) is 4.25. The first-order valence-electron chi connectivity index (χ1n) is 10.9. The Labute approximate surface area is 188 Å². The Morgan fingerprint density at radius 3 is 2.00 bits per heavy atom. The van der Waals surface area contributed by atoms with Crippen LogP contribution in [-0.4, -0.2) is 16.0 Å². The van der Waals surface area contributed by atoms with E-state index in [1.165, 1.54) is 5.56 Å². The van der Waals surface area contributed by atoms with Gasteiger partial charge in [-0.05, 0) is 22.6 Å². The molecule has 0 radical (unpaired) electrons. The van der Waals surface area contributed by atoms with Crippen LogP contribution in [0.25, 0.3) is 11.4 Å². The van der Waals surface area contributed by atoms with Gasteiger partial charge in [0, 0.05) is 18.4 Å². The first kappa shape index (κ1) is 21.5. The zero-order chi connectivity index (χ0) is 22.3. The van der Waals surface area contributed by atoms with Gasteiger partial charge in [-0.25, -0.2) is 0 Å². The summed E-state index contributed by atoms with van der Waals surface area (Å²) in [6.45, 7) is 4.32. The summed E-state index contributed by atoms with van der Waals surface area (Å²) in [4.78, 5) is 17.2. The Hall–Kier alpha value is -3.73. The normalized spacial score (nSPS) is 11.1. The number of amides is 1. The fraction of sp³-hybridized carbons (Fsp3) is 0.222. The summed E-state index contributed by atoms with van der Waals surface area (Å²) in [7, 11) is 0. The highest BCUT2D eigenvalue weighted by molar-refractivity contribution is 5.77. The number of benzene rings is 3. The number of rotatable bonds is 8. The highest BCUT2D eigenvalue weighted by Gasteiger charge is 2.17. The molecule has 0 atom stereocenters. The van der Waals surface area contributed by atoms with Gasteiger partial charge in [-0.15, -0.1) is 0 Å². The van der Waals surface area contributed by atoms with Gasteiger partial charge in [0.1, 0.15) is 0 Å². The van der Waals surface area contributed by atoms with Gasteiger partial charge in [0.2, 0.25) is 17.6 Å². The summed E-state index contributed by atoms with van der Waals surface area (Å²) in [6.07, 6.45) is 0.656. The molecular weight excluding hydrogens is 398 g/mol. The van der Waals surface area contributed by atoms with Crippen molar-refractivity contribution in [3.63, 3.8) is 0 Å². The number of carbonyl (C=O) groups is 1. The zero-order valence-electron chi connectivity index (χ0n) is 18.4. The number of carbonyl (C=O) groups excluding carboxylic acids is 1. The molecule has 5 heteroatoms. The number of nitrogens with zero attached hydrogens (tertiary/aromatic N) is 2. The number of aromatic nitrogens is 2. The Morgan fingerprint density at radius 2 is 1.44 bits per heavy atom. The molecule has 0 saturated heterocycles. The first-order chi connectivity index (χ1) is 15.6. The van der Waals surface area contributed by atoms with Gasteiger partial charge in [0.05, 0.1) is 6.04 Å². The lowest BCUT2D eigenvalue weighted by Crippen LogP contribution is -2.29. The molecule has 4 aromatic rings. The molecule has 1 aromatic heterocycles. The van der Waals surface area contributed by atoms with Gasteiger partial charge in [0.25, 0.3) is 0 Å². The number of hydrogen-bond acceptors (Lipinski definition) is 4. The molecule has 5 nitrogen and oxygen atoms in total. The summed E-state index contributed by atoms with van der Waals surface area (Å²) in [5, 5.41) is 7.22. The van der Waals surface area contributed by atoms with Crippen LogP contribution in [0.15, 0.2) is 89.5 Å². The molecule has 0 bridgehead atoms. The summed E-state index contributed by atoms with van der Waals surface area (Å²) in [6, 6.07) is 27.9. The van der Waals surface area contributed by atoms with Crippen LogP contribution in [0.1, 0.15) is 54.8 Å². The van der Waals surface area contributed by atoms with Gasteiger partial charge in [0.15, 0.2) is 0 Å². The second-order valence-electron chi connectivity index (χ2n) is 8.11. The Kier molecular flexibility index (Phi) is 6.75. The fourth-order valence-corrected chi connectivity index (χ4v) is 3.59. The molecule has 4 rings (SSSR count). The number of hydrogen-bond donors (Lipinski definition) is 1. The van der Waals surface area contributed by atoms with Crippen molar-refractivity contribution in [1.29, 1.82) is 0 Å². The summed E-state index contributed by atoms with van der Waals surface area (Å²) >= 11 is 0. The van der Waals surface area contributed by atoms with E-state index in [-0.39, 0.29) is 18.4 Å². The van der Waals surface area contributed by atoms with E-state index in [4.69, 9.17) is 4.52 Å². The molecule has 1 N–H and O–H groups in total. The molecule has 0 aliphatic carbocycles. The third-order valence-electron chi connectivity index (χ3n) is 5.44. The molecule has 32 heavy (non-hydrogen) atoms. The Balaban J connectivity index is 1.40. The van der Waals surface area contributed by atoms with E-state index in [9.17, 15) is 4.79 Å². The minimum Gasteiger partial charge on any atom is -0.345 e. The third kappa shape index (κ3) is 5.30. The first-order valence-corrected chi connectivity index (χ1v) is 10.9. The van der Waals surface area contributed by atoms with Crippen LogP contribution in [0, 0.1) is 0 Å². The second-order valence-corrected chi connectivity index (χ2v) is 8.11. The van der Waals surface area contributed by atoms with Crippen molar-refractivity contribution in [3.05, 3.63) is 108 Å². The molecule has 0 spiro atoms. The average Bonchev–Trinajstić information content (AvgIpc) is 3.31. The molecule has 0 unspecified atom stereocenters. The largest absolute Gasteiger partial charge is 0.345 e. The smallest absolute Gasteiger partial charge is 0.227 e. The van der Waals surface area contributed by atoms with Crippen molar-refractivity contribution < 1.29 is 9.32 Å². The van der Waals surface area contributed by atoms with E-state index >= 15 is 0 Å². The van der Waals surface area contributed by atoms with Gasteiger partial charge >= 0.3 is 0 Å². The van der Waals surface area contributed by atoms with E-state index < -0.39 is 0 Å². The lowest BCUT2D eigenvalue weighted by Gasteiger charge is -2.19. The van der Waals surface area contributed by atoms with Crippen molar-refractivity contribution in [1.82, 2.24) is 15.5 Å². The van der Waals surface area contributed by atoms with Crippen LogP contribution in [0.3, 0.4) is 0 Å². The fourth-order valence-electron chi connectivity index (χ4n) is 3.59. The minimum atomic E-state index is -0.206. The van der Waals surface area contributed by atoms with Crippen molar-refractivity contribution >= 4 is 5.91 Å². The number of aryl methyl sites for hydroxylation is 1. The quantitative estimate of drug-likeness (QED) is 0.393. The molecule has 1 amide bonds. The predicted molar refractivity (Wildman–Crippen MR) is 125 cm³/mol. The van der Waals surface area contributed by atoms with Crippen molar-refractivity contribution in [2.75, 3.05) is 0 Å². The van der Waals surface area contributed by atoms with E-state index in [2.05, 4.69) is 41.4 Å².